The number of nitrogens with one attached hydrogen (secondary N) is 1. The van der Waals surface area contributed by atoms with E-state index in [0.717, 1.165) is 24.2 Å². The van der Waals surface area contributed by atoms with Crippen molar-refractivity contribution in [2.45, 2.75) is 12.8 Å². The van der Waals surface area contributed by atoms with Crippen molar-refractivity contribution in [3.63, 3.8) is 0 Å². The van der Waals surface area contributed by atoms with Crippen LogP contribution in [-0.2, 0) is 69.6 Å². The third-order valence-electron chi connectivity index (χ3n) is 2.14. The van der Waals surface area contributed by atoms with Crippen LogP contribution < -0.4 is 4.90 Å². The summed E-state index contributed by atoms with van der Waals surface area (Å²) in [5.74, 6) is 0. The van der Waals surface area contributed by atoms with Gasteiger partial charge in [-0.05, 0) is 12.1 Å². The predicted molar refractivity (Wildman–Crippen MR) is 48.5 cm³/mol. The van der Waals surface area contributed by atoms with E-state index in [1.807, 2.05) is 0 Å². The molecule has 2 rings (SSSR count). The van der Waals surface area contributed by atoms with Gasteiger partial charge < -0.3 is 20.4 Å². The van der Waals surface area contributed by atoms with Crippen LogP contribution in [0.3, 0.4) is 0 Å². The van der Waals surface area contributed by atoms with Crippen molar-refractivity contribution in [3.05, 3.63) is 29.8 Å². The average molecular weight is 727 g/mol. The molecular weight excluding hydrogens is 718 g/mol. The van der Waals surface area contributed by atoms with E-state index in [0.29, 0.717) is 6.54 Å². The topological polar surface area (TPSA) is 57.0 Å². The number of aryl methyl sites for hydroxylation is 1. The molecule has 4 nitrogen and oxygen atoms in total. The van der Waals surface area contributed by atoms with Gasteiger partial charge in [0.15, 0.2) is 0 Å². The quantitative estimate of drug-likeness (QED) is 0.384. The number of rotatable bonds is 0. The van der Waals surface area contributed by atoms with Gasteiger partial charge in [-0.1, -0.05) is 19.2 Å². The number of hydrogen-bond donors (Lipinski definition) is 0. The summed E-state index contributed by atoms with van der Waals surface area (Å²) in [4.78, 5) is 16.5. The van der Waals surface area contributed by atoms with Crippen LogP contribution in [0.15, 0.2) is 12.3 Å². The maximum Gasteiger partial charge on any atom is 0.140 e. The smallest absolute Gasteiger partial charge is 0.140 e. The molecule has 1 aliphatic rings. The number of pyridine rings is 1. The summed E-state index contributed by atoms with van der Waals surface area (Å²) in [6, 6.07) is 3.87. The van der Waals surface area contributed by atoms with E-state index >= 15 is 0 Å². The van der Waals surface area contributed by atoms with Gasteiger partial charge >= 0.3 is 0 Å². The second-order valence-electron chi connectivity index (χ2n) is 2.96. The molecule has 0 aliphatic carbocycles. The Morgan fingerprint density at radius 3 is 2.75 bits per heavy atom. The number of hydrogen-bond acceptors (Lipinski definition) is 2. The number of amides is 2. The maximum absolute atomic E-state index is 10.9. The minimum Gasteiger partial charge on any atom is -0.485 e. The van der Waals surface area contributed by atoms with Crippen molar-refractivity contribution >= 4 is 11.7 Å². The zero-order valence-corrected chi connectivity index (χ0v) is 17.1. The standard InChI is InChI=1S/C9H10N3O.3W/c10-9(13)12-6-2-3-7-8(12)4-1-5-11-7;;;/h4-5H,2-3,6H2,(H2,10,13);;;/q-1;;;/p-1. The van der Waals surface area contributed by atoms with E-state index in [-0.39, 0.29) is 63.2 Å². The van der Waals surface area contributed by atoms with Crippen LogP contribution in [-0.4, -0.2) is 17.6 Å². The predicted octanol–water partition coefficient (Wildman–Crippen LogP) is 1.80. The zero-order valence-electron chi connectivity index (χ0n) is 8.30. The fourth-order valence-electron chi connectivity index (χ4n) is 1.54. The third-order valence-corrected chi connectivity index (χ3v) is 2.14. The van der Waals surface area contributed by atoms with E-state index in [1.54, 1.807) is 12.3 Å². The first-order valence-corrected chi connectivity index (χ1v) is 4.17. The normalized spacial score (nSPS) is 12.4. The average Bonchev–Trinajstić information content (AvgIpc) is 2.17. The van der Waals surface area contributed by atoms with Crippen molar-refractivity contribution in [1.29, 1.82) is 0 Å². The molecule has 1 aromatic heterocycles. The molecule has 2 amide bonds. The van der Waals surface area contributed by atoms with Crippen LogP contribution >= 0.6 is 0 Å². The summed E-state index contributed by atoms with van der Waals surface area (Å²) in [5, 5.41) is 0. The molecule has 0 radical (unpaired) electrons. The van der Waals surface area contributed by atoms with Gasteiger partial charge in [0.25, 0.3) is 0 Å². The Hall–Kier alpha value is 0.485. The van der Waals surface area contributed by atoms with E-state index in [1.165, 1.54) is 4.90 Å². The van der Waals surface area contributed by atoms with Crippen LogP contribution in [0, 0.1) is 6.07 Å². The molecule has 0 fully saturated rings. The Morgan fingerprint density at radius 1 is 1.44 bits per heavy atom. The molecule has 0 spiro atoms. The van der Waals surface area contributed by atoms with Gasteiger partial charge in [0.1, 0.15) is 6.03 Å². The summed E-state index contributed by atoms with van der Waals surface area (Å²) in [5.41, 5.74) is 8.69. The summed E-state index contributed by atoms with van der Waals surface area (Å²) < 4.78 is 0. The van der Waals surface area contributed by atoms with Crippen LogP contribution in [0.2, 0.25) is 0 Å². The van der Waals surface area contributed by atoms with Crippen molar-refractivity contribution in [2.24, 2.45) is 0 Å². The fraction of sp³-hybridized carbons (Fsp3) is 0.333. The van der Waals surface area contributed by atoms with Gasteiger partial charge in [-0.15, -0.1) is 0 Å². The van der Waals surface area contributed by atoms with Gasteiger partial charge in [0.2, 0.25) is 0 Å². The first kappa shape index (κ1) is 18.8. The summed E-state index contributed by atoms with van der Waals surface area (Å²) >= 11 is 0. The van der Waals surface area contributed by atoms with E-state index in [4.69, 9.17) is 5.73 Å². The Labute approximate surface area is 138 Å². The van der Waals surface area contributed by atoms with Crippen molar-refractivity contribution in [1.82, 2.24) is 4.98 Å². The number of nitrogens with zero attached hydrogens (tertiary/aromatic N) is 2. The van der Waals surface area contributed by atoms with Crippen molar-refractivity contribution in [2.75, 3.05) is 11.4 Å². The van der Waals surface area contributed by atoms with Gasteiger partial charge in [-0.25, -0.2) is 12.1 Å². The summed E-state index contributed by atoms with van der Waals surface area (Å²) in [6.45, 7) is 0.620. The number of aromatic nitrogens is 1. The van der Waals surface area contributed by atoms with Gasteiger partial charge in [0.05, 0.1) is 0 Å². The largest absolute Gasteiger partial charge is 0.485 e. The molecule has 1 aliphatic heterocycles. The van der Waals surface area contributed by atoms with Crippen LogP contribution in [0.5, 0.6) is 0 Å². The molecule has 0 aromatic carbocycles. The second kappa shape index (κ2) is 8.56. The SMILES string of the molecule is [NH-]C(=O)N1CCCc2nc[c-]cc21.[W].[W].[W]. The van der Waals surface area contributed by atoms with Gasteiger partial charge in [-0.2, -0.15) is 5.69 Å². The molecule has 0 saturated carbocycles. The molecule has 7 heteroatoms. The second-order valence-corrected chi connectivity index (χ2v) is 2.96. The molecule has 86 valence electrons. The number of carbonyl (C=O) groups excluding carboxylic acids is 1. The Balaban J connectivity index is 0. The maximum atomic E-state index is 10.9. The van der Waals surface area contributed by atoms with Crippen molar-refractivity contribution in [3.8, 4) is 0 Å². The van der Waals surface area contributed by atoms with Crippen LogP contribution in [0.25, 0.3) is 5.73 Å². The van der Waals surface area contributed by atoms with Gasteiger partial charge in [-0.3, -0.25) is 0 Å². The zero-order chi connectivity index (χ0) is 9.26. The van der Waals surface area contributed by atoms with E-state index in [2.05, 4.69) is 11.1 Å². The first-order valence-electron chi connectivity index (χ1n) is 4.17. The summed E-state index contributed by atoms with van der Waals surface area (Å²) in [6.07, 6.45) is 3.36. The fourth-order valence-corrected chi connectivity index (χ4v) is 1.54. The van der Waals surface area contributed by atoms with E-state index < -0.39 is 6.03 Å². The van der Waals surface area contributed by atoms with Crippen molar-refractivity contribution < 1.29 is 68.0 Å². The van der Waals surface area contributed by atoms with Crippen LogP contribution in [0.4, 0.5) is 10.5 Å². The third kappa shape index (κ3) is 4.06. The Morgan fingerprint density at radius 2 is 2.12 bits per heavy atom. The van der Waals surface area contributed by atoms with E-state index in [9.17, 15) is 4.79 Å². The minimum absolute atomic E-state index is 0. The number of carbonyl (C=O) groups is 1. The first-order chi connectivity index (χ1) is 6.29. The molecular formula is C9H9N3OW3-2. The summed E-state index contributed by atoms with van der Waals surface area (Å²) in [7, 11) is 0. The van der Waals surface area contributed by atoms with Gasteiger partial charge in [0, 0.05) is 63.2 Å². The number of urea groups is 1. The molecule has 0 bridgehead atoms. The molecule has 16 heavy (non-hydrogen) atoms. The van der Waals surface area contributed by atoms with Crippen LogP contribution in [0.1, 0.15) is 12.1 Å². The molecule has 2 heterocycles. The molecule has 0 atom stereocenters. The Kier molecular flexibility index (Phi) is 10.1. The minimum atomic E-state index is -0.664. The molecule has 0 saturated heterocycles. The molecule has 1 aromatic rings. The molecule has 1 N–H and O–H groups in total. The Bertz CT molecular complexity index is 349. The monoisotopic (exact) mass is 727 g/mol. The number of fused-ring (bicyclic) bond motifs is 1. The molecule has 0 unspecified atom stereocenters. The number of anilines is 1.